The summed E-state index contributed by atoms with van der Waals surface area (Å²) in [6, 6.07) is 5.54. The van der Waals surface area contributed by atoms with Gasteiger partial charge in [-0.3, -0.25) is 19.1 Å². The summed E-state index contributed by atoms with van der Waals surface area (Å²) in [5.41, 5.74) is 1.04. The van der Waals surface area contributed by atoms with Crippen molar-refractivity contribution in [3.63, 3.8) is 0 Å². The molecular formula is C14H13ClN2O3. The van der Waals surface area contributed by atoms with Crippen LogP contribution in [0.15, 0.2) is 34.0 Å². The SMILES string of the molecule is Cc1ccc(C)c(C(=O)Cn2cc(Cl)c(=O)[nH]c2=O)c1. The Bertz CT molecular complexity index is 790. The summed E-state index contributed by atoms with van der Waals surface area (Å²) in [7, 11) is 0. The van der Waals surface area contributed by atoms with Crippen molar-refractivity contribution < 1.29 is 4.79 Å². The number of rotatable bonds is 3. The van der Waals surface area contributed by atoms with E-state index in [1.807, 2.05) is 26.0 Å². The van der Waals surface area contributed by atoms with Crippen molar-refractivity contribution in [1.29, 1.82) is 0 Å². The van der Waals surface area contributed by atoms with Gasteiger partial charge in [-0.1, -0.05) is 29.3 Å². The highest BCUT2D eigenvalue weighted by molar-refractivity contribution is 6.30. The van der Waals surface area contributed by atoms with Gasteiger partial charge in [0.15, 0.2) is 5.78 Å². The van der Waals surface area contributed by atoms with Gasteiger partial charge in [0.05, 0.1) is 6.54 Å². The number of nitrogens with zero attached hydrogens (tertiary/aromatic N) is 1. The lowest BCUT2D eigenvalue weighted by atomic mass is 10.0. The number of carbonyl (C=O) groups excluding carboxylic acids is 1. The van der Waals surface area contributed by atoms with Gasteiger partial charge >= 0.3 is 5.69 Å². The average Bonchev–Trinajstić information content (AvgIpc) is 2.38. The summed E-state index contributed by atoms with van der Waals surface area (Å²) in [6.45, 7) is 3.55. The van der Waals surface area contributed by atoms with E-state index in [0.29, 0.717) is 5.56 Å². The van der Waals surface area contributed by atoms with E-state index in [9.17, 15) is 14.4 Å². The number of aryl methyl sites for hydroxylation is 2. The quantitative estimate of drug-likeness (QED) is 0.875. The van der Waals surface area contributed by atoms with Crippen LogP contribution < -0.4 is 11.2 Å². The van der Waals surface area contributed by atoms with Crippen LogP contribution in [0.4, 0.5) is 0 Å². The second kappa shape index (κ2) is 5.46. The topological polar surface area (TPSA) is 71.9 Å². The maximum atomic E-state index is 12.2. The van der Waals surface area contributed by atoms with Gasteiger partial charge in [-0.05, 0) is 25.5 Å². The number of halogens is 1. The van der Waals surface area contributed by atoms with Crippen molar-refractivity contribution in [1.82, 2.24) is 9.55 Å². The third-order valence-corrected chi connectivity index (χ3v) is 3.24. The zero-order valence-corrected chi connectivity index (χ0v) is 11.8. The molecule has 104 valence electrons. The first-order chi connectivity index (χ1) is 9.38. The largest absolute Gasteiger partial charge is 0.328 e. The van der Waals surface area contributed by atoms with E-state index in [2.05, 4.69) is 4.98 Å². The lowest BCUT2D eigenvalue weighted by molar-refractivity contribution is 0.0969. The molecule has 0 aliphatic heterocycles. The van der Waals surface area contributed by atoms with Crippen LogP contribution in [-0.4, -0.2) is 15.3 Å². The second-order valence-corrected chi connectivity index (χ2v) is 5.01. The molecule has 0 atom stereocenters. The highest BCUT2D eigenvalue weighted by atomic mass is 35.5. The minimum atomic E-state index is -0.660. The number of hydrogen-bond donors (Lipinski definition) is 1. The van der Waals surface area contributed by atoms with Crippen LogP contribution in [-0.2, 0) is 6.54 Å². The highest BCUT2D eigenvalue weighted by Crippen LogP contribution is 2.12. The van der Waals surface area contributed by atoms with Gasteiger partial charge in [-0.15, -0.1) is 0 Å². The normalized spacial score (nSPS) is 10.6. The van der Waals surface area contributed by atoms with Gasteiger partial charge in [0.2, 0.25) is 0 Å². The predicted octanol–water partition coefficient (Wildman–Crippen LogP) is 1.69. The van der Waals surface area contributed by atoms with E-state index < -0.39 is 11.2 Å². The van der Waals surface area contributed by atoms with Crippen LogP contribution in [0.5, 0.6) is 0 Å². The molecule has 0 aliphatic rings. The van der Waals surface area contributed by atoms with Crippen LogP contribution in [0.3, 0.4) is 0 Å². The zero-order chi connectivity index (χ0) is 14.9. The Balaban J connectivity index is 2.37. The van der Waals surface area contributed by atoms with Gasteiger partial charge in [0.1, 0.15) is 5.02 Å². The van der Waals surface area contributed by atoms with Crippen LogP contribution in [0.25, 0.3) is 0 Å². The highest BCUT2D eigenvalue weighted by Gasteiger charge is 2.12. The maximum Gasteiger partial charge on any atom is 0.328 e. The minimum Gasteiger partial charge on any atom is -0.292 e. The smallest absolute Gasteiger partial charge is 0.292 e. The van der Waals surface area contributed by atoms with E-state index in [1.165, 1.54) is 6.20 Å². The van der Waals surface area contributed by atoms with E-state index in [0.717, 1.165) is 15.7 Å². The minimum absolute atomic E-state index is 0.127. The Kier molecular flexibility index (Phi) is 3.90. The van der Waals surface area contributed by atoms with E-state index in [4.69, 9.17) is 11.6 Å². The van der Waals surface area contributed by atoms with Crippen LogP contribution >= 0.6 is 11.6 Å². The lowest BCUT2D eigenvalue weighted by Gasteiger charge is -2.08. The first kappa shape index (κ1) is 14.3. The van der Waals surface area contributed by atoms with E-state index in [1.54, 1.807) is 6.07 Å². The van der Waals surface area contributed by atoms with Crippen LogP contribution in [0.2, 0.25) is 5.02 Å². The second-order valence-electron chi connectivity index (χ2n) is 4.61. The number of carbonyl (C=O) groups is 1. The van der Waals surface area contributed by atoms with Crippen molar-refractivity contribution in [2.75, 3.05) is 0 Å². The van der Waals surface area contributed by atoms with Gasteiger partial charge < -0.3 is 0 Å². The zero-order valence-electron chi connectivity index (χ0n) is 11.1. The van der Waals surface area contributed by atoms with Crippen LogP contribution in [0, 0.1) is 13.8 Å². The molecule has 1 heterocycles. The summed E-state index contributed by atoms with van der Waals surface area (Å²) in [5.74, 6) is -0.212. The molecule has 0 fully saturated rings. The number of benzene rings is 1. The third-order valence-electron chi connectivity index (χ3n) is 2.97. The number of ketones is 1. The molecule has 0 amide bonds. The molecule has 0 spiro atoms. The molecule has 0 unspecified atom stereocenters. The molecule has 0 saturated carbocycles. The molecule has 1 aromatic heterocycles. The number of aromatic amines is 1. The van der Waals surface area contributed by atoms with Crippen molar-refractivity contribution >= 4 is 17.4 Å². The number of hydrogen-bond acceptors (Lipinski definition) is 3. The van der Waals surface area contributed by atoms with Crippen LogP contribution in [0.1, 0.15) is 21.5 Å². The Labute approximate surface area is 119 Å². The Morgan fingerprint density at radius 1 is 1.30 bits per heavy atom. The summed E-state index contributed by atoms with van der Waals surface area (Å²) >= 11 is 5.66. The first-order valence-electron chi connectivity index (χ1n) is 5.98. The van der Waals surface area contributed by atoms with Crippen molar-refractivity contribution in [2.45, 2.75) is 20.4 Å². The molecule has 1 N–H and O–H groups in total. The molecule has 0 aliphatic carbocycles. The summed E-state index contributed by atoms with van der Waals surface area (Å²) in [6.07, 6.45) is 1.17. The average molecular weight is 293 g/mol. The number of Topliss-reactive ketones (excluding diaryl/α,β-unsaturated/α-hetero) is 1. The maximum absolute atomic E-state index is 12.2. The molecular weight excluding hydrogens is 280 g/mol. The van der Waals surface area contributed by atoms with Gasteiger partial charge in [0, 0.05) is 11.8 Å². The first-order valence-corrected chi connectivity index (χ1v) is 6.36. The van der Waals surface area contributed by atoms with Gasteiger partial charge in [0.25, 0.3) is 5.56 Å². The lowest BCUT2D eigenvalue weighted by Crippen LogP contribution is -2.31. The molecule has 0 saturated heterocycles. The predicted molar refractivity (Wildman–Crippen MR) is 76.6 cm³/mol. The summed E-state index contributed by atoms with van der Waals surface area (Å²) < 4.78 is 1.09. The molecule has 6 heteroatoms. The Morgan fingerprint density at radius 2 is 2.00 bits per heavy atom. The standard InChI is InChI=1S/C14H13ClN2O3/c1-8-3-4-9(2)10(5-8)12(18)7-17-6-11(15)13(19)16-14(17)20/h3-6H,7H2,1-2H3,(H,16,19,20). The number of nitrogens with one attached hydrogen (secondary N) is 1. The molecule has 0 radical (unpaired) electrons. The van der Waals surface area contributed by atoms with E-state index >= 15 is 0 Å². The Hall–Kier alpha value is -2.14. The molecule has 2 aromatic rings. The number of H-pyrrole nitrogens is 1. The van der Waals surface area contributed by atoms with Gasteiger partial charge in [-0.25, -0.2) is 4.79 Å². The Morgan fingerprint density at radius 3 is 2.70 bits per heavy atom. The molecule has 1 aromatic carbocycles. The summed E-state index contributed by atoms with van der Waals surface area (Å²) in [4.78, 5) is 37.1. The third kappa shape index (κ3) is 2.88. The summed E-state index contributed by atoms with van der Waals surface area (Å²) in [5, 5.41) is -0.127. The molecule has 5 nitrogen and oxygen atoms in total. The molecule has 20 heavy (non-hydrogen) atoms. The fraction of sp³-hybridized carbons (Fsp3) is 0.214. The molecule has 0 bridgehead atoms. The fourth-order valence-electron chi connectivity index (χ4n) is 1.88. The molecule has 2 rings (SSSR count). The fourth-order valence-corrected chi connectivity index (χ4v) is 2.04. The van der Waals surface area contributed by atoms with Crippen molar-refractivity contribution in [3.05, 3.63) is 66.9 Å². The van der Waals surface area contributed by atoms with E-state index in [-0.39, 0.29) is 17.4 Å². The number of aromatic nitrogens is 2. The van der Waals surface area contributed by atoms with Crippen molar-refractivity contribution in [3.8, 4) is 0 Å². The monoisotopic (exact) mass is 292 g/mol. The van der Waals surface area contributed by atoms with Crippen molar-refractivity contribution in [2.24, 2.45) is 0 Å². The van der Waals surface area contributed by atoms with Gasteiger partial charge in [-0.2, -0.15) is 0 Å².